The highest BCUT2D eigenvalue weighted by molar-refractivity contribution is 5.88. The molecule has 0 aromatic heterocycles. The van der Waals surface area contributed by atoms with Crippen LogP contribution in [-0.2, 0) is 9.53 Å². The number of amides is 1. The third kappa shape index (κ3) is 8.31. The molecule has 1 amide bonds. The first-order chi connectivity index (χ1) is 14.1. The molecule has 0 spiro atoms. The Labute approximate surface area is 174 Å². The zero-order valence-corrected chi connectivity index (χ0v) is 18.1. The van der Waals surface area contributed by atoms with E-state index in [-0.39, 0.29) is 5.91 Å². The van der Waals surface area contributed by atoms with Crippen LogP contribution in [0.15, 0.2) is 29.3 Å². The molecule has 3 N–H and O–H groups in total. The van der Waals surface area contributed by atoms with Gasteiger partial charge in [-0.3, -0.25) is 9.79 Å². The molecule has 29 heavy (non-hydrogen) atoms. The maximum atomic E-state index is 11.2. The van der Waals surface area contributed by atoms with Crippen molar-refractivity contribution in [1.29, 1.82) is 0 Å². The second kappa shape index (κ2) is 12.3. The third-order valence-electron chi connectivity index (χ3n) is 5.32. The van der Waals surface area contributed by atoms with Gasteiger partial charge in [0.25, 0.3) is 0 Å². The van der Waals surface area contributed by atoms with Crippen LogP contribution in [0.1, 0.15) is 46.0 Å². The van der Waals surface area contributed by atoms with Gasteiger partial charge < -0.3 is 25.4 Å². The number of carbonyl (C=O) groups is 1. The number of guanidine groups is 1. The van der Waals surface area contributed by atoms with E-state index in [1.54, 1.807) is 7.05 Å². The van der Waals surface area contributed by atoms with Gasteiger partial charge >= 0.3 is 0 Å². The maximum absolute atomic E-state index is 11.2. The zero-order chi connectivity index (χ0) is 21.0. The second-order valence-electron chi connectivity index (χ2n) is 7.56. The largest absolute Gasteiger partial charge is 0.492 e. The third-order valence-corrected chi connectivity index (χ3v) is 5.32. The van der Waals surface area contributed by atoms with Crippen molar-refractivity contribution in [2.45, 2.75) is 46.0 Å². The number of nitrogens with zero attached hydrogens (tertiary/aromatic N) is 1. The van der Waals surface area contributed by atoms with Gasteiger partial charge in [-0.15, -0.1) is 0 Å². The van der Waals surface area contributed by atoms with Crippen LogP contribution in [0.4, 0.5) is 5.69 Å². The molecule has 1 fully saturated rings. The van der Waals surface area contributed by atoms with Crippen molar-refractivity contribution in [1.82, 2.24) is 10.6 Å². The average Bonchev–Trinajstić information content (AvgIpc) is 3.16. The number of nitrogens with one attached hydrogen (secondary N) is 3. The number of carbonyl (C=O) groups excluding carboxylic acids is 1. The first kappa shape index (κ1) is 23.0. The van der Waals surface area contributed by atoms with Gasteiger partial charge in [-0.25, -0.2) is 0 Å². The zero-order valence-electron chi connectivity index (χ0n) is 18.1. The normalized spacial score (nSPS) is 15.8. The molecule has 162 valence electrons. The SMILES string of the molecule is CCOCCC1(CNC(=NC)NCCOc2cccc(NC(C)=O)c2)CCCC1. The molecule has 0 bridgehead atoms. The Kier molecular flexibility index (Phi) is 9.77. The lowest BCUT2D eigenvalue weighted by Crippen LogP contribution is -2.44. The quantitative estimate of drug-likeness (QED) is 0.300. The number of hydrogen-bond donors (Lipinski definition) is 3. The first-order valence-corrected chi connectivity index (χ1v) is 10.6. The van der Waals surface area contributed by atoms with E-state index in [9.17, 15) is 4.79 Å². The van der Waals surface area contributed by atoms with Gasteiger partial charge in [0.05, 0.1) is 6.54 Å². The summed E-state index contributed by atoms with van der Waals surface area (Å²) in [5, 5.41) is 9.55. The van der Waals surface area contributed by atoms with E-state index >= 15 is 0 Å². The second-order valence-corrected chi connectivity index (χ2v) is 7.56. The van der Waals surface area contributed by atoms with Crippen molar-refractivity contribution in [2.75, 3.05) is 45.3 Å². The molecular weight excluding hydrogens is 368 g/mol. The lowest BCUT2D eigenvalue weighted by atomic mass is 9.83. The summed E-state index contributed by atoms with van der Waals surface area (Å²) in [5.41, 5.74) is 1.04. The van der Waals surface area contributed by atoms with Crippen LogP contribution in [0.3, 0.4) is 0 Å². The van der Waals surface area contributed by atoms with Gasteiger partial charge in [0.15, 0.2) is 5.96 Å². The van der Waals surface area contributed by atoms with Crippen LogP contribution in [0.2, 0.25) is 0 Å². The van der Waals surface area contributed by atoms with Crippen molar-refractivity contribution in [2.24, 2.45) is 10.4 Å². The Morgan fingerprint density at radius 1 is 1.21 bits per heavy atom. The Morgan fingerprint density at radius 2 is 2.00 bits per heavy atom. The monoisotopic (exact) mass is 404 g/mol. The Morgan fingerprint density at radius 3 is 2.69 bits per heavy atom. The molecule has 1 aromatic rings. The van der Waals surface area contributed by atoms with E-state index in [1.165, 1.54) is 32.6 Å². The topological polar surface area (TPSA) is 84.0 Å². The molecule has 0 unspecified atom stereocenters. The Balaban J connectivity index is 1.72. The highest BCUT2D eigenvalue weighted by atomic mass is 16.5. The van der Waals surface area contributed by atoms with Crippen LogP contribution in [0, 0.1) is 5.41 Å². The molecule has 7 nitrogen and oxygen atoms in total. The van der Waals surface area contributed by atoms with Gasteiger partial charge in [-0.1, -0.05) is 18.9 Å². The number of anilines is 1. The van der Waals surface area contributed by atoms with Crippen molar-refractivity contribution < 1.29 is 14.3 Å². The van der Waals surface area contributed by atoms with Crippen LogP contribution in [-0.4, -0.2) is 51.8 Å². The molecule has 1 aliphatic rings. The summed E-state index contributed by atoms with van der Waals surface area (Å²) in [6, 6.07) is 7.39. The van der Waals surface area contributed by atoms with E-state index in [1.807, 2.05) is 31.2 Å². The summed E-state index contributed by atoms with van der Waals surface area (Å²) in [6.45, 7) is 7.19. The van der Waals surface area contributed by atoms with Crippen LogP contribution in [0.25, 0.3) is 0 Å². The minimum Gasteiger partial charge on any atom is -0.492 e. The minimum absolute atomic E-state index is 0.0972. The first-order valence-electron chi connectivity index (χ1n) is 10.6. The van der Waals surface area contributed by atoms with Crippen molar-refractivity contribution in [3.63, 3.8) is 0 Å². The molecule has 0 saturated heterocycles. The van der Waals surface area contributed by atoms with E-state index in [2.05, 4.69) is 20.9 Å². The molecule has 0 radical (unpaired) electrons. The maximum Gasteiger partial charge on any atom is 0.221 e. The van der Waals surface area contributed by atoms with Crippen molar-refractivity contribution in [3.8, 4) is 5.75 Å². The predicted octanol–water partition coefficient (Wildman–Crippen LogP) is 3.18. The van der Waals surface area contributed by atoms with Crippen LogP contribution >= 0.6 is 0 Å². The van der Waals surface area contributed by atoms with Crippen LogP contribution in [0.5, 0.6) is 5.75 Å². The van der Waals surface area contributed by atoms with E-state index in [0.717, 1.165) is 43.6 Å². The summed E-state index contributed by atoms with van der Waals surface area (Å²) in [7, 11) is 1.79. The molecule has 1 saturated carbocycles. The van der Waals surface area contributed by atoms with Crippen LogP contribution < -0.4 is 20.7 Å². The number of aliphatic imine (C=N–C) groups is 1. The molecule has 1 aromatic carbocycles. The summed E-state index contributed by atoms with van der Waals surface area (Å²) >= 11 is 0. The number of benzene rings is 1. The molecule has 0 aliphatic heterocycles. The van der Waals surface area contributed by atoms with E-state index < -0.39 is 0 Å². The van der Waals surface area contributed by atoms with Crippen molar-refractivity contribution >= 4 is 17.6 Å². The smallest absolute Gasteiger partial charge is 0.221 e. The molecular formula is C22H36N4O3. The summed E-state index contributed by atoms with van der Waals surface area (Å²) in [6.07, 6.45) is 6.19. The minimum atomic E-state index is -0.0972. The Bertz CT molecular complexity index is 657. The van der Waals surface area contributed by atoms with Gasteiger partial charge in [-0.05, 0) is 43.7 Å². The molecule has 1 aliphatic carbocycles. The van der Waals surface area contributed by atoms with Crippen molar-refractivity contribution in [3.05, 3.63) is 24.3 Å². The lowest BCUT2D eigenvalue weighted by molar-refractivity contribution is -0.114. The summed E-state index contributed by atoms with van der Waals surface area (Å²) < 4.78 is 11.4. The summed E-state index contributed by atoms with van der Waals surface area (Å²) in [4.78, 5) is 15.5. The molecule has 7 heteroatoms. The number of hydrogen-bond acceptors (Lipinski definition) is 4. The highest BCUT2D eigenvalue weighted by Crippen LogP contribution is 2.40. The van der Waals surface area contributed by atoms with Gasteiger partial charge in [-0.2, -0.15) is 0 Å². The standard InChI is InChI=1S/C22H36N4O3/c1-4-28-14-12-22(10-5-6-11-22)17-25-21(23-3)24-13-15-29-20-9-7-8-19(16-20)26-18(2)27/h7-9,16H,4-6,10-15,17H2,1-3H3,(H,26,27)(H2,23,24,25). The van der Waals surface area contributed by atoms with E-state index in [0.29, 0.717) is 18.6 Å². The number of ether oxygens (including phenoxy) is 2. The van der Waals surface area contributed by atoms with Gasteiger partial charge in [0.2, 0.25) is 5.91 Å². The summed E-state index contributed by atoms with van der Waals surface area (Å²) in [5.74, 6) is 1.42. The fraction of sp³-hybridized carbons (Fsp3) is 0.636. The van der Waals surface area contributed by atoms with E-state index in [4.69, 9.17) is 9.47 Å². The average molecular weight is 405 g/mol. The molecule has 2 rings (SSSR count). The Hall–Kier alpha value is -2.28. The predicted molar refractivity (Wildman–Crippen MR) is 118 cm³/mol. The number of rotatable bonds is 11. The fourth-order valence-corrected chi connectivity index (χ4v) is 3.77. The highest BCUT2D eigenvalue weighted by Gasteiger charge is 2.33. The van der Waals surface area contributed by atoms with Gasteiger partial charge in [0, 0.05) is 45.5 Å². The lowest BCUT2D eigenvalue weighted by Gasteiger charge is -2.30. The molecule has 0 atom stereocenters. The fourth-order valence-electron chi connectivity index (χ4n) is 3.77. The van der Waals surface area contributed by atoms with Gasteiger partial charge in [0.1, 0.15) is 12.4 Å². The molecule has 0 heterocycles.